The summed E-state index contributed by atoms with van der Waals surface area (Å²) in [6, 6.07) is 1.82. The molecule has 5 heteroatoms. The van der Waals surface area contributed by atoms with E-state index in [1.54, 1.807) is 7.05 Å². The zero-order chi connectivity index (χ0) is 7.72. The van der Waals surface area contributed by atoms with Crippen LogP contribution in [0.1, 0.15) is 4.88 Å². The van der Waals surface area contributed by atoms with Crippen LogP contribution in [0.3, 0.4) is 0 Å². The van der Waals surface area contributed by atoms with Gasteiger partial charge >= 0.3 is 0 Å². The number of hydrogen-bond acceptors (Lipinski definition) is 3. The Labute approximate surface area is 66.2 Å². The Balaban J connectivity index is 3.50. The van der Waals surface area contributed by atoms with E-state index in [4.69, 9.17) is 16.9 Å². The van der Waals surface area contributed by atoms with Gasteiger partial charge in [0, 0.05) is 7.05 Å². The number of hydrogen-bond donors (Lipinski definition) is 0. The van der Waals surface area contributed by atoms with E-state index in [-0.39, 0.29) is 15.5 Å². The fourth-order valence-electron chi connectivity index (χ4n) is 0.523. The number of halogens is 1. The first-order valence-corrected chi connectivity index (χ1v) is 3.58. The highest BCUT2D eigenvalue weighted by Crippen LogP contribution is 2.14. The molecule has 1 aromatic heterocycles. The van der Waals surface area contributed by atoms with Gasteiger partial charge in [0.25, 0.3) is 5.56 Å². The molecule has 0 aliphatic rings. The van der Waals surface area contributed by atoms with E-state index in [0.29, 0.717) is 0 Å². The average Bonchev–Trinajstić information content (AvgIpc) is 2.17. The van der Waals surface area contributed by atoms with Gasteiger partial charge in [0.05, 0.1) is 0 Å². The maximum atomic E-state index is 10.8. The molecule has 1 aromatic rings. The smallest absolute Gasteiger partial charge is 0.267 e. The summed E-state index contributed by atoms with van der Waals surface area (Å²) in [6.07, 6.45) is 0. The minimum absolute atomic E-state index is 0.0231. The first-order chi connectivity index (χ1) is 4.66. The van der Waals surface area contributed by atoms with Crippen molar-refractivity contribution in [2.45, 2.75) is 0 Å². The lowest BCUT2D eigenvalue weighted by molar-refractivity contribution is 0.981. The molecule has 0 saturated carbocycles. The van der Waals surface area contributed by atoms with Crippen LogP contribution in [-0.4, -0.2) is 3.96 Å². The molecule has 0 fully saturated rings. The van der Waals surface area contributed by atoms with Crippen molar-refractivity contribution >= 4 is 23.1 Å². The number of aryl methyl sites for hydroxylation is 1. The average molecular weight is 175 g/mol. The first-order valence-electron chi connectivity index (χ1n) is 2.42. The SMILES string of the molecule is Cn1sc(C#N)c(Cl)c1=O. The third-order valence-electron chi connectivity index (χ3n) is 1.00. The quantitative estimate of drug-likeness (QED) is 0.589. The van der Waals surface area contributed by atoms with Crippen LogP contribution >= 0.6 is 23.1 Å². The highest BCUT2D eigenvalue weighted by Gasteiger charge is 2.08. The Bertz CT molecular complexity index is 346. The topological polar surface area (TPSA) is 45.8 Å². The molecule has 52 valence electrons. The zero-order valence-corrected chi connectivity index (χ0v) is 6.66. The molecule has 0 spiro atoms. The lowest BCUT2D eigenvalue weighted by atomic mass is 10.5. The molecule has 0 aromatic carbocycles. The van der Waals surface area contributed by atoms with Crippen molar-refractivity contribution in [3.8, 4) is 6.07 Å². The highest BCUT2D eigenvalue weighted by atomic mass is 35.5. The molecule has 0 bridgehead atoms. The van der Waals surface area contributed by atoms with E-state index in [1.807, 2.05) is 6.07 Å². The monoisotopic (exact) mass is 174 g/mol. The van der Waals surface area contributed by atoms with E-state index in [9.17, 15) is 4.79 Å². The lowest BCUT2D eigenvalue weighted by Gasteiger charge is -1.77. The number of nitrogens with zero attached hydrogens (tertiary/aromatic N) is 2. The zero-order valence-electron chi connectivity index (χ0n) is 5.09. The van der Waals surface area contributed by atoms with Gasteiger partial charge < -0.3 is 0 Å². The molecule has 0 atom stereocenters. The summed E-state index contributed by atoms with van der Waals surface area (Å²) >= 11 is 6.52. The number of rotatable bonds is 0. The molecule has 1 rings (SSSR count). The van der Waals surface area contributed by atoms with Crippen LogP contribution < -0.4 is 5.56 Å². The van der Waals surface area contributed by atoms with Crippen LogP contribution in [0.5, 0.6) is 0 Å². The van der Waals surface area contributed by atoms with Gasteiger partial charge in [0.1, 0.15) is 16.0 Å². The van der Waals surface area contributed by atoms with E-state index in [2.05, 4.69) is 0 Å². The number of nitriles is 1. The summed E-state index contributed by atoms with van der Waals surface area (Å²) in [5.74, 6) is 0. The lowest BCUT2D eigenvalue weighted by Crippen LogP contribution is -2.07. The van der Waals surface area contributed by atoms with E-state index < -0.39 is 0 Å². The first kappa shape index (κ1) is 7.32. The van der Waals surface area contributed by atoms with Crippen molar-refractivity contribution in [1.82, 2.24) is 3.96 Å². The van der Waals surface area contributed by atoms with Gasteiger partial charge in [-0.3, -0.25) is 8.75 Å². The van der Waals surface area contributed by atoms with Gasteiger partial charge in [-0.2, -0.15) is 5.26 Å². The Morgan fingerprint density at radius 3 is 2.60 bits per heavy atom. The largest absolute Gasteiger partial charge is 0.280 e. The second-order valence-corrected chi connectivity index (χ2v) is 3.17. The summed E-state index contributed by atoms with van der Waals surface area (Å²) in [5.41, 5.74) is -0.303. The standard InChI is InChI=1S/C5H3ClN2OS/c1-8-5(9)4(6)3(2-7)10-8/h1H3. The van der Waals surface area contributed by atoms with Gasteiger partial charge in [0.2, 0.25) is 0 Å². The third kappa shape index (κ3) is 0.939. The Morgan fingerprint density at radius 1 is 1.80 bits per heavy atom. The van der Waals surface area contributed by atoms with Crippen molar-refractivity contribution < 1.29 is 0 Å². The molecular weight excluding hydrogens is 172 g/mol. The summed E-state index contributed by atoms with van der Waals surface area (Å²) in [7, 11) is 1.57. The van der Waals surface area contributed by atoms with Crippen molar-refractivity contribution in [1.29, 1.82) is 5.26 Å². The maximum Gasteiger partial charge on any atom is 0.280 e. The molecule has 1 heterocycles. The van der Waals surface area contributed by atoms with Crippen molar-refractivity contribution in [2.24, 2.45) is 7.05 Å². The van der Waals surface area contributed by atoms with Gasteiger partial charge in [-0.1, -0.05) is 11.6 Å². The Kier molecular flexibility index (Phi) is 1.79. The van der Waals surface area contributed by atoms with Crippen molar-refractivity contribution in [3.05, 3.63) is 20.3 Å². The van der Waals surface area contributed by atoms with Crippen LogP contribution in [0.25, 0.3) is 0 Å². The predicted octanol–water partition coefficient (Wildman–Crippen LogP) is 0.972. The molecule has 0 unspecified atom stereocenters. The van der Waals surface area contributed by atoms with Crippen molar-refractivity contribution in [3.63, 3.8) is 0 Å². The van der Waals surface area contributed by atoms with Crippen LogP contribution in [0.15, 0.2) is 4.79 Å². The van der Waals surface area contributed by atoms with E-state index >= 15 is 0 Å². The maximum absolute atomic E-state index is 10.8. The summed E-state index contributed by atoms with van der Waals surface area (Å²) in [4.78, 5) is 11.1. The van der Waals surface area contributed by atoms with Gasteiger partial charge in [-0.15, -0.1) is 0 Å². The molecule has 0 N–H and O–H groups in total. The molecule has 0 aliphatic carbocycles. The highest BCUT2D eigenvalue weighted by molar-refractivity contribution is 7.07. The minimum atomic E-state index is -0.303. The van der Waals surface area contributed by atoms with Crippen LogP contribution in [-0.2, 0) is 7.05 Å². The fourth-order valence-corrected chi connectivity index (χ4v) is 1.50. The molecule has 0 saturated heterocycles. The second-order valence-electron chi connectivity index (χ2n) is 1.65. The van der Waals surface area contributed by atoms with E-state index in [1.165, 1.54) is 3.96 Å². The van der Waals surface area contributed by atoms with Crippen molar-refractivity contribution in [2.75, 3.05) is 0 Å². The van der Waals surface area contributed by atoms with Gasteiger partial charge in [-0.05, 0) is 11.5 Å². The summed E-state index contributed by atoms with van der Waals surface area (Å²) in [6.45, 7) is 0. The minimum Gasteiger partial charge on any atom is -0.267 e. The normalized spacial score (nSPS) is 9.30. The molecule has 3 nitrogen and oxygen atoms in total. The number of aromatic nitrogens is 1. The second kappa shape index (κ2) is 2.45. The fraction of sp³-hybridized carbons (Fsp3) is 0.200. The summed E-state index contributed by atoms with van der Waals surface area (Å²) in [5, 5.41) is 8.40. The molecule has 0 aliphatic heterocycles. The molecule has 10 heavy (non-hydrogen) atoms. The van der Waals surface area contributed by atoms with Crippen LogP contribution in [0.2, 0.25) is 5.02 Å². The summed E-state index contributed by atoms with van der Waals surface area (Å²) < 4.78 is 1.32. The Hall–Kier alpha value is -0.790. The Morgan fingerprint density at radius 2 is 2.40 bits per heavy atom. The molecule has 0 radical (unpaired) electrons. The molecule has 0 amide bonds. The van der Waals surface area contributed by atoms with Crippen LogP contribution in [0.4, 0.5) is 0 Å². The predicted molar refractivity (Wildman–Crippen MR) is 39.3 cm³/mol. The van der Waals surface area contributed by atoms with Crippen LogP contribution in [0, 0.1) is 11.3 Å². The van der Waals surface area contributed by atoms with Gasteiger partial charge in [-0.25, -0.2) is 0 Å². The molecular formula is C5H3ClN2OS. The van der Waals surface area contributed by atoms with Gasteiger partial charge in [0.15, 0.2) is 0 Å². The third-order valence-corrected chi connectivity index (χ3v) is 2.38. The van der Waals surface area contributed by atoms with E-state index in [0.717, 1.165) is 11.5 Å².